The van der Waals surface area contributed by atoms with Gasteiger partial charge < -0.3 is 10.6 Å². The number of nitrogens with one attached hydrogen (secondary N) is 2. The number of aryl methyl sites for hydroxylation is 1. The molecule has 0 saturated carbocycles. The van der Waals surface area contributed by atoms with Crippen molar-refractivity contribution in [1.29, 1.82) is 0 Å². The van der Waals surface area contributed by atoms with Gasteiger partial charge >= 0.3 is 0 Å². The largest absolute Gasteiger partial charge is 0.349 e. The SMILES string of the molecule is Cc1cccc(Nc2cnnc(NCc3ccccc3F)n2)c1. The summed E-state index contributed by atoms with van der Waals surface area (Å²) in [5.74, 6) is 0.648. The highest BCUT2D eigenvalue weighted by atomic mass is 19.1. The smallest absolute Gasteiger partial charge is 0.244 e. The molecule has 2 N–H and O–H groups in total. The Hall–Kier alpha value is -3.02. The van der Waals surface area contributed by atoms with Crippen molar-refractivity contribution in [2.45, 2.75) is 13.5 Å². The highest BCUT2D eigenvalue weighted by Crippen LogP contribution is 2.16. The van der Waals surface area contributed by atoms with Gasteiger partial charge in [-0.25, -0.2) is 4.39 Å². The Bertz CT molecular complexity index is 806. The molecule has 0 atom stereocenters. The number of hydrogen-bond acceptors (Lipinski definition) is 5. The molecule has 1 aromatic heterocycles. The lowest BCUT2D eigenvalue weighted by Crippen LogP contribution is -2.07. The van der Waals surface area contributed by atoms with Gasteiger partial charge in [-0.1, -0.05) is 30.3 Å². The molecule has 0 aliphatic heterocycles. The van der Waals surface area contributed by atoms with E-state index in [9.17, 15) is 4.39 Å². The predicted molar refractivity (Wildman–Crippen MR) is 88.0 cm³/mol. The minimum Gasteiger partial charge on any atom is -0.349 e. The summed E-state index contributed by atoms with van der Waals surface area (Å²) in [6.07, 6.45) is 1.54. The maximum Gasteiger partial charge on any atom is 0.244 e. The highest BCUT2D eigenvalue weighted by molar-refractivity contribution is 5.56. The predicted octanol–water partition coefficient (Wildman–Crippen LogP) is 3.67. The lowest BCUT2D eigenvalue weighted by molar-refractivity contribution is 0.612. The van der Waals surface area contributed by atoms with Crippen LogP contribution in [0, 0.1) is 12.7 Å². The van der Waals surface area contributed by atoms with E-state index in [2.05, 4.69) is 25.8 Å². The number of halogens is 1. The first-order chi connectivity index (χ1) is 11.2. The first-order valence-corrected chi connectivity index (χ1v) is 7.21. The van der Waals surface area contributed by atoms with Crippen LogP contribution in [-0.4, -0.2) is 15.2 Å². The van der Waals surface area contributed by atoms with Gasteiger partial charge in [0.2, 0.25) is 5.95 Å². The van der Waals surface area contributed by atoms with Crippen LogP contribution in [0.3, 0.4) is 0 Å². The van der Waals surface area contributed by atoms with Gasteiger partial charge in [-0.05, 0) is 30.7 Å². The van der Waals surface area contributed by atoms with Gasteiger partial charge in [-0.3, -0.25) is 0 Å². The third-order valence-electron chi connectivity index (χ3n) is 3.24. The molecule has 0 aliphatic rings. The van der Waals surface area contributed by atoms with Crippen molar-refractivity contribution in [3.63, 3.8) is 0 Å². The average molecular weight is 309 g/mol. The Morgan fingerprint density at radius 3 is 2.78 bits per heavy atom. The summed E-state index contributed by atoms with van der Waals surface area (Å²) in [6.45, 7) is 2.31. The van der Waals surface area contributed by atoms with Crippen molar-refractivity contribution in [2.75, 3.05) is 10.6 Å². The van der Waals surface area contributed by atoms with E-state index in [0.29, 0.717) is 23.9 Å². The van der Waals surface area contributed by atoms with Crippen LogP contribution in [-0.2, 0) is 6.54 Å². The topological polar surface area (TPSA) is 62.7 Å². The molecular weight excluding hydrogens is 293 g/mol. The standard InChI is InChI=1S/C17H16FN5/c1-12-5-4-7-14(9-12)21-16-11-20-23-17(22-16)19-10-13-6-2-3-8-15(13)18/h2-9,11H,10H2,1H3,(H2,19,21,22,23). The molecule has 0 fully saturated rings. The van der Waals surface area contributed by atoms with E-state index in [1.807, 2.05) is 31.2 Å². The fourth-order valence-corrected chi connectivity index (χ4v) is 2.13. The number of aromatic nitrogens is 3. The summed E-state index contributed by atoms with van der Waals surface area (Å²) < 4.78 is 13.6. The molecular formula is C17H16FN5. The van der Waals surface area contributed by atoms with E-state index in [4.69, 9.17) is 0 Å². The molecule has 0 radical (unpaired) electrons. The number of hydrogen-bond donors (Lipinski definition) is 2. The van der Waals surface area contributed by atoms with Crippen molar-refractivity contribution in [2.24, 2.45) is 0 Å². The van der Waals surface area contributed by atoms with Gasteiger partial charge in [0.1, 0.15) is 5.82 Å². The molecule has 3 rings (SSSR count). The highest BCUT2D eigenvalue weighted by Gasteiger charge is 2.04. The first-order valence-electron chi connectivity index (χ1n) is 7.21. The van der Waals surface area contributed by atoms with Gasteiger partial charge in [0, 0.05) is 17.8 Å². The minimum absolute atomic E-state index is 0.262. The molecule has 0 unspecified atom stereocenters. The summed E-state index contributed by atoms with van der Waals surface area (Å²) in [7, 11) is 0. The fourth-order valence-electron chi connectivity index (χ4n) is 2.13. The van der Waals surface area contributed by atoms with E-state index in [1.165, 1.54) is 12.3 Å². The van der Waals surface area contributed by atoms with Crippen molar-refractivity contribution in [3.8, 4) is 0 Å². The summed E-state index contributed by atoms with van der Waals surface area (Å²) in [5, 5.41) is 14.0. The molecule has 3 aromatic rings. The van der Waals surface area contributed by atoms with Gasteiger partial charge in [-0.2, -0.15) is 10.1 Å². The Morgan fingerprint density at radius 1 is 1.09 bits per heavy atom. The Kier molecular flexibility index (Phi) is 4.42. The molecule has 6 heteroatoms. The van der Waals surface area contributed by atoms with Crippen LogP contribution in [0.25, 0.3) is 0 Å². The average Bonchev–Trinajstić information content (AvgIpc) is 2.54. The number of nitrogens with zero attached hydrogens (tertiary/aromatic N) is 3. The second-order valence-corrected chi connectivity index (χ2v) is 5.10. The molecule has 0 bridgehead atoms. The van der Waals surface area contributed by atoms with Gasteiger partial charge in [0.05, 0.1) is 6.20 Å². The lowest BCUT2D eigenvalue weighted by atomic mass is 10.2. The van der Waals surface area contributed by atoms with Crippen LogP contribution in [0.2, 0.25) is 0 Å². The van der Waals surface area contributed by atoms with E-state index < -0.39 is 0 Å². The van der Waals surface area contributed by atoms with Gasteiger partial charge in [-0.15, -0.1) is 5.10 Å². The molecule has 1 heterocycles. The van der Waals surface area contributed by atoms with Crippen molar-refractivity contribution in [1.82, 2.24) is 15.2 Å². The monoisotopic (exact) mass is 309 g/mol. The van der Waals surface area contributed by atoms with Crippen LogP contribution < -0.4 is 10.6 Å². The maximum absolute atomic E-state index is 13.6. The van der Waals surface area contributed by atoms with Gasteiger partial charge in [0.25, 0.3) is 0 Å². The zero-order valence-electron chi connectivity index (χ0n) is 12.6. The molecule has 5 nitrogen and oxygen atoms in total. The summed E-state index contributed by atoms with van der Waals surface area (Å²) in [5.41, 5.74) is 2.62. The molecule has 2 aromatic carbocycles. The van der Waals surface area contributed by atoms with E-state index in [0.717, 1.165) is 11.3 Å². The van der Waals surface area contributed by atoms with Gasteiger partial charge in [0.15, 0.2) is 5.82 Å². The molecule has 0 spiro atoms. The molecule has 0 saturated heterocycles. The maximum atomic E-state index is 13.6. The lowest BCUT2D eigenvalue weighted by Gasteiger charge is -2.08. The summed E-state index contributed by atoms with van der Waals surface area (Å²) >= 11 is 0. The number of anilines is 3. The third-order valence-corrected chi connectivity index (χ3v) is 3.24. The van der Waals surface area contributed by atoms with E-state index in [-0.39, 0.29) is 5.82 Å². The Morgan fingerprint density at radius 2 is 1.96 bits per heavy atom. The van der Waals surface area contributed by atoms with E-state index in [1.54, 1.807) is 18.2 Å². The van der Waals surface area contributed by atoms with E-state index >= 15 is 0 Å². The number of benzene rings is 2. The normalized spacial score (nSPS) is 10.3. The second-order valence-electron chi connectivity index (χ2n) is 5.10. The zero-order valence-corrected chi connectivity index (χ0v) is 12.6. The van der Waals surface area contributed by atoms with Crippen LogP contribution in [0.5, 0.6) is 0 Å². The molecule has 116 valence electrons. The van der Waals surface area contributed by atoms with Crippen molar-refractivity contribution in [3.05, 3.63) is 71.7 Å². The fraction of sp³-hybridized carbons (Fsp3) is 0.118. The van der Waals surface area contributed by atoms with Crippen LogP contribution in [0.1, 0.15) is 11.1 Å². The Balaban J connectivity index is 1.69. The Labute approximate surface area is 133 Å². The molecule has 0 amide bonds. The van der Waals surface area contributed by atoms with Crippen LogP contribution in [0.4, 0.5) is 21.8 Å². The minimum atomic E-state index is -0.262. The van der Waals surface area contributed by atoms with Crippen molar-refractivity contribution >= 4 is 17.5 Å². The number of rotatable bonds is 5. The third kappa shape index (κ3) is 4.00. The zero-order chi connectivity index (χ0) is 16.1. The quantitative estimate of drug-likeness (QED) is 0.753. The molecule has 23 heavy (non-hydrogen) atoms. The summed E-state index contributed by atoms with van der Waals surface area (Å²) in [6, 6.07) is 14.5. The van der Waals surface area contributed by atoms with Crippen molar-refractivity contribution < 1.29 is 4.39 Å². The summed E-state index contributed by atoms with van der Waals surface area (Å²) in [4.78, 5) is 4.32. The first kappa shape index (κ1) is 14.9. The van der Waals surface area contributed by atoms with Crippen LogP contribution >= 0.6 is 0 Å². The van der Waals surface area contributed by atoms with Crippen LogP contribution in [0.15, 0.2) is 54.7 Å². The molecule has 0 aliphatic carbocycles. The second kappa shape index (κ2) is 6.83.